The molecule has 86 valence electrons. The first-order chi connectivity index (χ1) is 7.84. The lowest BCUT2D eigenvalue weighted by atomic mass is 10.3. The largest absolute Gasteiger partial charge is 0.378 e. The molecule has 0 saturated carbocycles. The average molecular weight is 241 g/mol. The standard InChI is InChI=1S/C10H13ClN4O/c11-8-7-1-2-12-9(7)14-10(13-8)15-3-5-16-6-4-15/h1-6H2,(H,12,13,14). The Hall–Kier alpha value is -1.07. The third-order valence-electron chi connectivity index (χ3n) is 2.91. The number of fused-ring (bicyclic) bond motifs is 1. The summed E-state index contributed by atoms with van der Waals surface area (Å²) in [6, 6.07) is 0. The number of nitrogens with zero attached hydrogens (tertiary/aromatic N) is 3. The highest BCUT2D eigenvalue weighted by molar-refractivity contribution is 6.30. The number of morpholine rings is 1. The van der Waals surface area contributed by atoms with Crippen LogP contribution in [0.25, 0.3) is 0 Å². The van der Waals surface area contributed by atoms with Gasteiger partial charge in [-0.3, -0.25) is 0 Å². The molecule has 1 N–H and O–H groups in total. The van der Waals surface area contributed by atoms with E-state index in [9.17, 15) is 0 Å². The van der Waals surface area contributed by atoms with E-state index in [1.807, 2.05) is 0 Å². The van der Waals surface area contributed by atoms with Gasteiger partial charge in [0.25, 0.3) is 0 Å². The number of ether oxygens (including phenoxy) is 1. The maximum absolute atomic E-state index is 6.14. The fraction of sp³-hybridized carbons (Fsp3) is 0.600. The molecule has 1 saturated heterocycles. The van der Waals surface area contributed by atoms with E-state index in [-0.39, 0.29) is 0 Å². The van der Waals surface area contributed by atoms with Gasteiger partial charge in [0.05, 0.1) is 13.2 Å². The van der Waals surface area contributed by atoms with Crippen LogP contribution in [-0.2, 0) is 11.2 Å². The third kappa shape index (κ3) is 1.70. The second kappa shape index (κ2) is 4.07. The fourth-order valence-electron chi connectivity index (χ4n) is 2.02. The van der Waals surface area contributed by atoms with Crippen molar-refractivity contribution in [2.45, 2.75) is 6.42 Å². The number of hydrogen-bond donors (Lipinski definition) is 1. The number of rotatable bonds is 1. The monoisotopic (exact) mass is 240 g/mol. The van der Waals surface area contributed by atoms with E-state index < -0.39 is 0 Å². The topological polar surface area (TPSA) is 50.3 Å². The smallest absolute Gasteiger partial charge is 0.228 e. The highest BCUT2D eigenvalue weighted by Gasteiger charge is 2.21. The molecule has 0 radical (unpaired) electrons. The molecular formula is C10H13ClN4O. The van der Waals surface area contributed by atoms with Crippen LogP contribution < -0.4 is 10.2 Å². The summed E-state index contributed by atoms with van der Waals surface area (Å²) in [6.45, 7) is 4.01. The molecule has 1 aromatic rings. The molecule has 0 amide bonds. The molecule has 0 spiro atoms. The Morgan fingerprint density at radius 3 is 2.88 bits per heavy atom. The molecule has 0 atom stereocenters. The lowest BCUT2D eigenvalue weighted by Crippen LogP contribution is -2.37. The number of nitrogens with one attached hydrogen (secondary N) is 1. The predicted molar refractivity (Wildman–Crippen MR) is 62.3 cm³/mol. The SMILES string of the molecule is Clc1nc(N2CCOCC2)nc2c1CCN2. The Morgan fingerprint density at radius 1 is 1.25 bits per heavy atom. The van der Waals surface area contributed by atoms with Gasteiger partial charge in [0.15, 0.2) is 0 Å². The number of aromatic nitrogens is 2. The fourth-order valence-corrected chi connectivity index (χ4v) is 2.28. The van der Waals surface area contributed by atoms with Crippen molar-refractivity contribution in [1.82, 2.24) is 9.97 Å². The summed E-state index contributed by atoms with van der Waals surface area (Å²) in [6.07, 6.45) is 0.914. The highest BCUT2D eigenvalue weighted by atomic mass is 35.5. The first-order valence-electron chi connectivity index (χ1n) is 5.47. The summed E-state index contributed by atoms with van der Waals surface area (Å²) in [7, 11) is 0. The van der Waals surface area contributed by atoms with Crippen LogP contribution in [0.5, 0.6) is 0 Å². The second-order valence-electron chi connectivity index (χ2n) is 3.92. The van der Waals surface area contributed by atoms with Crippen LogP contribution in [-0.4, -0.2) is 42.8 Å². The van der Waals surface area contributed by atoms with Gasteiger partial charge in [0, 0.05) is 25.2 Å². The van der Waals surface area contributed by atoms with Crippen LogP contribution in [0.15, 0.2) is 0 Å². The molecule has 0 unspecified atom stereocenters. The molecule has 6 heteroatoms. The zero-order chi connectivity index (χ0) is 11.0. The van der Waals surface area contributed by atoms with Crippen molar-refractivity contribution in [2.75, 3.05) is 43.1 Å². The number of anilines is 2. The Morgan fingerprint density at radius 2 is 2.06 bits per heavy atom. The quantitative estimate of drug-likeness (QED) is 0.741. The van der Waals surface area contributed by atoms with Gasteiger partial charge in [0.2, 0.25) is 5.95 Å². The molecule has 0 aromatic carbocycles. The van der Waals surface area contributed by atoms with E-state index in [0.717, 1.165) is 50.7 Å². The predicted octanol–water partition coefficient (Wildman–Crippen LogP) is 0.935. The van der Waals surface area contributed by atoms with Crippen LogP contribution in [0, 0.1) is 0 Å². The Labute approximate surface area is 98.8 Å². The van der Waals surface area contributed by atoms with Gasteiger partial charge in [-0.25, -0.2) is 4.98 Å². The van der Waals surface area contributed by atoms with E-state index in [1.165, 1.54) is 0 Å². The highest BCUT2D eigenvalue weighted by Crippen LogP contribution is 2.28. The molecular weight excluding hydrogens is 228 g/mol. The molecule has 5 nitrogen and oxygen atoms in total. The van der Waals surface area contributed by atoms with Crippen LogP contribution in [0.4, 0.5) is 11.8 Å². The maximum atomic E-state index is 6.14. The summed E-state index contributed by atoms with van der Waals surface area (Å²) in [5, 5.41) is 3.81. The lowest BCUT2D eigenvalue weighted by molar-refractivity contribution is 0.122. The molecule has 1 aromatic heterocycles. The van der Waals surface area contributed by atoms with Crippen molar-refractivity contribution in [2.24, 2.45) is 0 Å². The Balaban J connectivity index is 1.92. The zero-order valence-corrected chi connectivity index (χ0v) is 9.63. The maximum Gasteiger partial charge on any atom is 0.228 e. The number of hydrogen-bond acceptors (Lipinski definition) is 5. The van der Waals surface area contributed by atoms with Crippen LogP contribution in [0.2, 0.25) is 5.15 Å². The van der Waals surface area contributed by atoms with Gasteiger partial charge in [0.1, 0.15) is 11.0 Å². The van der Waals surface area contributed by atoms with Crippen molar-refractivity contribution in [3.8, 4) is 0 Å². The summed E-state index contributed by atoms with van der Waals surface area (Å²) >= 11 is 6.14. The van der Waals surface area contributed by atoms with E-state index in [0.29, 0.717) is 11.1 Å². The molecule has 3 rings (SSSR count). The van der Waals surface area contributed by atoms with Gasteiger partial charge in [-0.2, -0.15) is 4.98 Å². The van der Waals surface area contributed by atoms with Gasteiger partial charge in [-0.1, -0.05) is 11.6 Å². The van der Waals surface area contributed by atoms with E-state index in [2.05, 4.69) is 20.2 Å². The van der Waals surface area contributed by atoms with Crippen molar-refractivity contribution in [1.29, 1.82) is 0 Å². The second-order valence-corrected chi connectivity index (χ2v) is 4.28. The Kier molecular flexibility index (Phi) is 2.57. The van der Waals surface area contributed by atoms with E-state index in [4.69, 9.17) is 16.3 Å². The van der Waals surface area contributed by atoms with E-state index in [1.54, 1.807) is 0 Å². The normalized spacial score (nSPS) is 19.4. The lowest BCUT2D eigenvalue weighted by Gasteiger charge is -2.27. The summed E-state index contributed by atoms with van der Waals surface area (Å²) in [5.74, 6) is 1.60. The molecule has 2 aliphatic heterocycles. The minimum absolute atomic E-state index is 0.580. The molecule has 0 bridgehead atoms. The van der Waals surface area contributed by atoms with Crippen molar-refractivity contribution < 1.29 is 4.74 Å². The van der Waals surface area contributed by atoms with Gasteiger partial charge >= 0.3 is 0 Å². The molecule has 16 heavy (non-hydrogen) atoms. The van der Waals surface area contributed by atoms with Crippen LogP contribution in [0.1, 0.15) is 5.56 Å². The van der Waals surface area contributed by atoms with Crippen LogP contribution in [0.3, 0.4) is 0 Å². The average Bonchev–Trinajstić information content (AvgIpc) is 2.79. The molecule has 2 aliphatic rings. The Bertz CT molecular complexity index is 406. The van der Waals surface area contributed by atoms with Crippen molar-refractivity contribution in [3.05, 3.63) is 10.7 Å². The van der Waals surface area contributed by atoms with Crippen molar-refractivity contribution in [3.63, 3.8) is 0 Å². The van der Waals surface area contributed by atoms with Gasteiger partial charge < -0.3 is 15.0 Å². The van der Waals surface area contributed by atoms with E-state index >= 15 is 0 Å². The summed E-state index contributed by atoms with van der Waals surface area (Å²) in [4.78, 5) is 11.0. The molecule has 0 aliphatic carbocycles. The summed E-state index contributed by atoms with van der Waals surface area (Å²) in [5.41, 5.74) is 1.04. The number of halogens is 1. The van der Waals surface area contributed by atoms with Crippen molar-refractivity contribution >= 4 is 23.4 Å². The van der Waals surface area contributed by atoms with Gasteiger partial charge in [-0.15, -0.1) is 0 Å². The molecule has 3 heterocycles. The molecule has 1 fully saturated rings. The first kappa shape index (κ1) is 10.1. The minimum atomic E-state index is 0.580. The van der Waals surface area contributed by atoms with Gasteiger partial charge in [-0.05, 0) is 6.42 Å². The van der Waals surface area contributed by atoms with Crippen LogP contribution >= 0.6 is 11.6 Å². The summed E-state index contributed by atoms with van der Waals surface area (Å²) < 4.78 is 5.30. The zero-order valence-electron chi connectivity index (χ0n) is 8.87. The third-order valence-corrected chi connectivity index (χ3v) is 3.22. The first-order valence-corrected chi connectivity index (χ1v) is 5.85. The minimum Gasteiger partial charge on any atom is -0.378 e.